The first-order valence-electron chi connectivity index (χ1n) is 5.78. The summed E-state index contributed by atoms with van der Waals surface area (Å²) in [5.41, 5.74) is 4.69. The average molecular weight is 366 g/mol. The molecule has 2 aromatic rings. The molecular weight excluding hydrogens is 357 g/mol. The zero-order valence-corrected chi connectivity index (χ0v) is 12.0. The predicted octanol–water partition coefficient (Wildman–Crippen LogP) is 4.79. The van der Waals surface area contributed by atoms with Crippen LogP contribution in [0.4, 0.5) is 22.0 Å². The van der Waals surface area contributed by atoms with Gasteiger partial charge in [-0.2, -0.15) is 13.2 Å². The average Bonchev–Trinajstić information content (AvgIpc) is 2.42. The zero-order chi connectivity index (χ0) is 15.8. The summed E-state index contributed by atoms with van der Waals surface area (Å²) >= 11 is 2.91. The molecule has 0 saturated heterocycles. The molecule has 0 saturated carbocycles. The van der Waals surface area contributed by atoms with Crippen molar-refractivity contribution < 1.29 is 22.0 Å². The lowest BCUT2D eigenvalue weighted by molar-refractivity contribution is -0.137. The number of halogens is 6. The molecule has 2 N–H and O–H groups in total. The van der Waals surface area contributed by atoms with Crippen LogP contribution < -0.4 is 5.73 Å². The molecule has 0 aliphatic carbocycles. The highest BCUT2D eigenvalue weighted by atomic mass is 79.9. The third-order valence-electron chi connectivity index (χ3n) is 2.99. The van der Waals surface area contributed by atoms with E-state index < -0.39 is 35.0 Å². The summed E-state index contributed by atoms with van der Waals surface area (Å²) in [5.74, 6) is -1.73. The highest BCUT2D eigenvalue weighted by Crippen LogP contribution is 2.32. The summed E-state index contributed by atoms with van der Waals surface area (Å²) in [6, 6.07) is 4.87. The summed E-state index contributed by atoms with van der Waals surface area (Å²) in [4.78, 5) is 0. The number of alkyl halides is 3. The van der Waals surface area contributed by atoms with Crippen molar-refractivity contribution in [1.82, 2.24) is 0 Å². The first kappa shape index (κ1) is 15.9. The molecule has 0 aromatic heterocycles. The Morgan fingerprint density at radius 2 is 1.52 bits per heavy atom. The second kappa shape index (κ2) is 5.73. The van der Waals surface area contributed by atoms with Gasteiger partial charge in [0.25, 0.3) is 0 Å². The van der Waals surface area contributed by atoms with Crippen LogP contribution in [0.5, 0.6) is 0 Å². The van der Waals surface area contributed by atoms with E-state index in [-0.39, 0.29) is 10.0 Å². The number of benzene rings is 2. The molecule has 0 amide bonds. The summed E-state index contributed by atoms with van der Waals surface area (Å²) in [6.07, 6.45) is -4.48. The minimum atomic E-state index is -4.48. The van der Waals surface area contributed by atoms with Crippen LogP contribution in [0.15, 0.2) is 40.9 Å². The first-order valence-corrected chi connectivity index (χ1v) is 6.57. The van der Waals surface area contributed by atoms with Gasteiger partial charge in [-0.1, -0.05) is 12.1 Å². The van der Waals surface area contributed by atoms with Crippen LogP contribution in [0.3, 0.4) is 0 Å². The van der Waals surface area contributed by atoms with E-state index in [1.807, 2.05) is 0 Å². The minimum Gasteiger partial charge on any atom is -0.320 e. The van der Waals surface area contributed by atoms with Gasteiger partial charge in [0, 0.05) is 5.56 Å². The number of rotatable bonds is 2. The Morgan fingerprint density at radius 3 is 2.05 bits per heavy atom. The highest BCUT2D eigenvalue weighted by molar-refractivity contribution is 9.10. The Labute approximate surface area is 125 Å². The Hall–Kier alpha value is -1.47. The lowest BCUT2D eigenvalue weighted by atomic mass is 9.97. The Bertz CT molecular complexity index is 652. The molecule has 2 aromatic carbocycles. The monoisotopic (exact) mass is 365 g/mol. The van der Waals surface area contributed by atoms with Gasteiger partial charge < -0.3 is 5.73 Å². The van der Waals surface area contributed by atoms with E-state index in [1.54, 1.807) is 0 Å². The maximum atomic E-state index is 13.9. The van der Waals surface area contributed by atoms with E-state index in [0.717, 1.165) is 30.3 Å². The summed E-state index contributed by atoms with van der Waals surface area (Å²) in [7, 11) is 0. The van der Waals surface area contributed by atoms with E-state index in [9.17, 15) is 22.0 Å². The fraction of sp³-hybridized carbons (Fsp3) is 0.143. The summed E-state index contributed by atoms with van der Waals surface area (Å²) in [5, 5.41) is 0. The predicted molar refractivity (Wildman–Crippen MR) is 71.5 cm³/mol. The maximum Gasteiger partial charge on any atom is 0.416 e. The molecule has 0 aliphatic rings. The van der Waals surface area contributed by atoms with Gasteiger partial charge in [-0.15, -0.1) is 0 Å². The van der Waals surface area contributed by atoms with Gasteiger partial charge in [0.05, 0.1) is 16.1 Å². The van der Waals surface area contributed by atoms with E-state index >= 15 is 0 Å². The first-order chi connectivity index (χ1) is 9.71. The second-order valence-electron chi connectivity index (χ2n) is 4.35. The Morgan fingerprint density at radius 1 is 0.952 bits per heavy atom. The normalized spacial score (nSPS) is 13.3. The highest BCUT2D eigenvalue weighted by Gasteiger charge is 2.30. The van der Waals surface area contributed by atoms with Crippen molar-refractivity contribution in [2.24, 2.45) is 5.73 Å². The summed E-state index contributed by atoms with van der Waals surface area (Å²) < 4.78 is 65.1. The molecule has 0 aliphatic heterocycles. The molecule has 2 rings (SSSR count). The van der Waals surface area contributed by atoms with E-state index in [4.69, 9.17) is 5.73 Å². The molecule has 0 radical (unpaired) electrons. The van der Waals surface area contributed by atoms with Gasteiger partial charge in [-0.05, 0) is 45.8 Å². The van der Waals surface area contributed by atoms with Crippen LogP contribution in [0.2, 0.25) is 0 Å². The third-order valence-corrected chi connectivity index (χ3v) is 3.60. The van der Waals surface area contributed by atoms with Crippen LogP contribution in [-0.2, 0) is 6.18 Å². The van der Waals surface area contributed by atoms with Crippen molar-refractivity contribution in [2.45, 2.75) is 12.2 Å². The standard InChI is InChI=1S/C14H9BrF5N/c15-9-5-6-10(16)11(12(9)17)13(21)7-1-3-8(4-2-7)14(18,19)20/h1-6,13H,21H2. The molecule has 1 atom stereocenters. The Kier molecular flexibility index (Phi) is 4.34. The zero-order valence-electron chi connectivity index (χ0n) is 10.4. The van der Waals surface area contributed by atoms with Gasteiger partial charge in [0.2, 0.25) is 0 Å². The van der Waals surface area contributed by atoms with Crippen molar-refractivity contribution >= 4 is 15.9 Å². The van der Waals surface area contributed by atoms with Crippen molar-refractivity contribution in [1.29, 1.82) is 0 Å². The minimum absolute atomic E-state index is 0.0289. The fourth-order valence-corrected chi connectivity index (χ4v) is 2.22. The van der Waals surface area contributed by atoms with Crippen LogP contribution in [0, 0.1) is 11.6 Å². The van der Waals surface area contributed by atoms with Crippen molar-refractivity contribution in [3.8, 4) is 0 Å². The smallest absolute Gasteiger partial charge is 0.320 e. The molecule has 0 bridgehead atoms. The maximum absolute atomic E-state index is 13.9. The lowest BCUT2D eigenvalue weighted by Crippen LogP contribution is -2.16. The fourth-order valence-electron chi connectivity index (χ4n) is 1.87. The molecule has 0 heterocycles. The van der Waals surface area contributed by atoms with E-state index in [0.29, 0.717) is 0 Å². The van der Waals surface area contributed by atoms with Gasteiger partial charge in [0.15, 0.2) is 0 Å². The van der Waals surface area contributed by atoms with Crippen molar-refractivity contribution in [3.05, 3.63) is 69.2 Å². The van der Waals surface area contributed by atoms with Gasteiger partial charge in [0.1, 0.15) is 11.6 Å². The Balaban J connectivity index is 2.41. The third kappa shape index (κ3) is 3.24. The number of nitrogens with two attached hydrogens (primary N) is 1. The van der Waals surface area contributed by atoms with Crippen LogP contribution in [0.1, 0.15) is 22.7 Å². The largest absolute Gasteiger partial charge is 0.416 e. The van der Waals surface area contributed by atoms with E-state index in [1.165, 1.54) is 6.07 Å². The quantitative estimate of drug-likeness (QED) is 0.600. The van der Waals surface area contributed by atoms with E-state index in [2.05, 4.69) is 15.9 Å². The number of hydrogen-bond acceptors (Lipinski definition) is 1. The lowest BCUT2D eigenvalue weighted by Gasteiger charge is -2.16. The number of hydrogen-bond donors (Lipinski definition) is 1. The summed E-state index contributed by atoms with van der Waals surface area (Å²) in [6.45, 7) is 0. The van der Waals surface area contributed by atoms with Gasteiger partial charge in [-0.25, -0.2) is 8.78 Å². The molecule has 1 nitrogen and oxygen atoms in total. The molecule has 112 valence electrons. The molecule has 0 spiro atoms. The molecular formula is C14H9BrF5N. The van der Waals surface area contributed by atoms with Crippen molar-refractivity contribution in [2.75, 3.05) is 0 Å². The molecule has 21 heavy (non-hydrogen) atoms. The van der Waals surface area contributed by atoms with Crippen LogP contribution >= 0.6 is 15.9 Å². The second-order valence-corrected chi connectivity index (χ2v) is 5.21. The molecule has 1 unspecified atom stereocenters. The SMILES string of the molecule is NC(c1ccc(C(F)(F)F)cc1)c1c(F)ccc(Br)c1F. The van der Waals surface area contributed by atoms with Crippen molar-refractivity contribution in [3.63, 3.8) is 0 Å². The topological polar surface area (TPSA) is 26.0 Å². The van der Waals surface area contributed by atoms with Gasteiger partial charge in [-0.3, -0.25) is 0 Å². The van der Waals surface area contributed by atoms with Crippen LogP contribution in [-0.4, -0.2) is 0 Å². The molecule has 0 fully saturated rings. The molecule has 7 heteroatoms. The van der Waals surface area contributed by atoms with Gasteiger partial charge >= 0.3 is 6.18 Å². The van der Waals surface area contributed by atoms with Crippen LogP contribution in [0.25, 0.3) is 0 Å².